The Bertz CT molecular complexity index is 74.9. The molecule has 8 heavy (non-hydrogen) atoms. The highest BCUT2D eigenvalue weighted by Crippen LogP contribution is 2.19. The number of hydrogen-bond acceptors (Lipinski definition) is 1. The molecular formula is C6H11BrO. The zero-order valence-corrected chi connectivity index (χ0v) is 6.65. The lowest BCUT2D eigenvalue weighted by molar-refractivity contribution is 0.125. The first kappa shape index (κ1) is 6.56. The van der Waals surface area contributed by atoms with Crippen LogP contribution < -0.4 is 0 Å². The molecule has 1 heterocycles. The fourth-order valence-corrected chi connectivity index (χ4v) is 1.44. The summed E-state index contributed by atoms with van der Waals surface area (Å²) in [6.07, 6.45) is 1.72. The lowest BCUT2D eigenvalue weighted by atomic mass is 10.1. The molecule has 0 aliphatic carbocycles. The van der Waals surface area contributed by atoms with Crippen LogP contribution in [0.3, 0.4) is 0 Å². The maximum absolute atomic E-state index is 5.37. The van der Waals surface area contributed by atoms with E-state index in [2.05, 4.69) is 22.9 Å². The van der Waals surface area contributed by atoms with Crippen molar-refractivity contribution in [1.29, 1.82) is 0 Å². The summed E-state index contributed by atoms with van der Waals surface area (Å²) in [4.78, 5) is 0. The van der Waals surface area contributed by atoms with Gasteiger partial charge in [0.15, 0.2) is 0 Å². The van der Waals surface area contributed by atoms with Crippen molar-refractivity contribution in [2.75, 3.05) is 11.9 Å². The normalized spacial score (nSPS) is 38.2. The van der Waals surface area contributed by atoms with E-state index in [1.54, 1.807) is 0 Å². The Hall–Kier alpha value is 0.440. The van der Waals surface area contributed by atoms with Gasteiger partial charge in [-0.05, 0) is 12.3 Å². The Labute approximate surface area is 58.5 Å². The van der Waals surface area contributed by atoms with Crippen LogP contribution in [-0.4, -0.2) is 18.0 Å². The second-order valence-electron chi connectivity index (χ2n) is 2.45. The van der Waals surface area contributed by atoms with E-state index in [9.17, 15) is 0 Å². The van der Waals surface area contributed by atoms with Crippen LogP contribution in [0.1, 0.15) is 13.3 Å². The predicted molar refractivity (Wildman–Crippen MR) is 37.3 cm³/mol. The first-order valence-corrected chi connectivity index (χ1v) is 4.12. The summed E-state index contributed by atoms with van der Waals surface area (Å²) in [6, 6.07) is 0. The molecule has 0 saturated carbocycles. The highest BCUT2D eigenvalue weighted by Gasteiger charge is 2.19. The molecule has 48 valence electrons. The molecule has 0 amide bonds. The first-order chi connectivity index (χ1) is 3.83. The van der Waals surface area contributed by atoms with Crippen LogP contribution >= 0.6 is 15.9 Å². The largest absolute Gasteiger partial charge is 0.377 e. The van der Waals surface area contributed by atoms with Crippen LogP contribution in [0.2, 0.25) is 0 Å². The van der Waals surface area contributed by atoms with Gasteiger partial charge in [-0.25, -0.2) is 0 Å². The second kappa shape index (κ2) is 2.83. The molecule has 1 nitrogen and oxygen atoms in total. The molecule has 1 aliphatic rings. The van der Waals surface area contributed by atoms with Gasteiger partial charge in [-0.15, -0.1) is 0 Å². The van der Waals surface area contributed by atoms with Crippen molar-refractivity contribution in [1.82, 2.24) is 0 Å². The molecule has 0 N–H and O–H groups in total. The Kier molecular flexibility index (Phi) is 2.32. The zero-order chi connectivity index (χ0) is 5.98. The lowest BCUT2D eigenvalue weighted by Gasteiger charge is -2.00. The summed E-state index contributed by atoms with van der Waals surface area (Å²) in [5.74, 6) is 0.776. The Morgan fingerprint density at radius 1 is 1.75 bits per heavy atom. The molecule has 0 aromatic heterocycles. The monoisotopic (exact) mass is 178 g/mol. The molecule has 0 aromatic rings. The summed E-state index contributed by atoms with van der Waals surface area (Å²) in [5.41, 5.74) is 0. The van der Waals surface area contributed by atoms with E-state index < -0.39 is 0 Å². The molecule has 1 aliphatic heterocycles. The van der Waals surface area contributed by atoms with Crippen molar-refractivity contribution in [2.24, 2.45) is 5.92 Å². The van der Waals surface area contributed by atoms with Gasteiger partial charge in [-0.2, -0.15) is 0 Å². The smallest absolute Gasteiger partial charge is 0.0675 e. The molecule has 1 saturated heterocycles. The lowest BCUT2D eigenvalue weighted by Crippen LogP contribution is -2.04. The fraction of sp³-hybridized carbons (Fsp3) is 1.00. The SMILES string of the molecule is C[C@H]1CO[C@H](CBr)C1. The third-order valence-corrected chi connectivity index (χ3v) is 2.18. The quantitative estimate of drug-likeness (QED) is 0.557. The number of ether oxygens (including phenoxy) is 1. The van der Waals surface area contributed by atoms with Gasteiger partial charge < -0.3 is 4.74 Å². The molecule has 2 atom stereocenters. The van der Waals surface area contributed by atoms with Crippen molar-refractivity contribution in [2.45, 2.75) is 19.4 Å². The number of rotatable bonds is 1. The van der Waals surface area contributed by atoms with Gasteiger partial charge in [0.25, 0.3) is 0 Å². The van der Waals surface area contributed by atoms with Crippen LogP contribution in [0.15, 0.2) is 0 Å². The average Bonchev–Trinajstić information content (AvgIpc) is 2.14. The van der Waals surface area contributed by atoms with E-state index in [-0.39, 0.29) is 0 Å². The van der Waals surface area contributed by atoms with E-state index in [4.69, 9.17) is 4.74 Å². The van der Waals surface area contributed by atoms with Crippen LogP contribution in [0.4, 0.5) is 0 Å². The second-order valence-corrected chi connectivity index (χ2v) is 3.10. The Morgan fingerprint density at radius 3 is 2.75 bits per heavy atom. The molecule has 0 unspecified atom stereocenters. The minimum absolute atomic E-state index is 0.491. The van der Waals surface area contributed by atoms with Gasteiger partial charge >= 0.3 is 0 Å². The maximum atomic E-state index is 5.37. The van der Waals surface area contributed by atoms with Crippen LogP contribution in [0.5, 0.6) is 0 Å². The van der Waals surface area contributed by atoms with Gasteiger partial charge in [0, 0.05) is 11.9 Å². The molecule has 0 bridgehead atoms. The van der Waals surface area contributed by atoms with Crippen molar-refractivity contribution in [3.05, 3.63) is 0 Å². The predicted octanol–water partition coefficient (Wildman–Crippen LogP) is 1.81. The van der Waals surface area contributed by atoms with E-state index in [0.29, 0.717) is 6.10 Å². The summed E-state index contributed by atoms with van der Waals surface area (Å²) < 4.78 is 5.37. The molecule has 0 spiro atoms. The van der Waals surface area contributed by atoms with Crippen molar-refractivity contribution in [3.63, 3.8) is 0 Å². The number of hydrogen-bond donors (Lipinski definition) is 0. The van der Waals surface area contributed by atoms with Crippen molar-refractivity contribution < 1.29 is 4.74 Å². The summed E-state index contributed by atoms with van der Waals surface area (Å²) >= 11 is 3.38. The van der Waals surface area contributed by atoms with Gasteiger partial charge in [0.1, 0.15) is 0 Å². The Balaban J connectivity index is 2.22. The van der Waals surface area contributed by atoms with E-state index >= 15 is 0 Å². The minimum Gasteiger partial charge on any atom is -0.377 e. The molecule has 0 aromatic carbocycles. The van der Waals surface area contributed by atoms with Crippen LogP contribution in [0.25, 0.3) is 0 Å². The number of alkyl halides is 1. The average molecular weight is 179 g/mol. The van der Waals surface area contributed by atoms with Gasteiger partial charge in [0.05, 0.1) is 6.10 Å². The summed E-state index contributed by atoms with van der Waals surface area (Å²) in [6.45, 7) is 3.18. The van der Waals surface area contributed by atoms with Gasteiger partial charge in [-0.1, -0.05) is 22.9 Å². The molecule has 1 fully saturated rings. The third-order valence-electron chi connectivity index (χ3n) is 1.45. The third kappa shape index (κ3) is 1.46. The zero-order valence-electron chi connectivity index (χ0n) is 5.06. The van der Waals surface area contributed by atoms with Crippen molar-refractivity contribution >= 4 is 15.9 Å². The first-order valence-electron chi connectivity index (χ1n) is 3.00. The van der Waals surface area contributed by atoms with Crippen LogP contribution in [-0.2, 0) is 4.74 Å². The minimum atomic E-state index is 0.491. The van der Waals surface area contributed by atoms with Gasteiger partial charge in [0.2, 0.25) is 0 Å². The molecular weight excluding hydrogens is 168 g/mol. The van der Waals surface area contributed by atoms with Crippen molar-refractivity contribution in [3.8, 4) is 0 Å². The highest BCUT2D eigenvalue weighted by molar-refractivity contribution is 9.09. The standard InChI is InChI=1S/C6H11BrO/c1-5-2-6(3-7)8-4-5/h5-6H,2-4H2,1H3/t5-,6+/m1/s1. The Morgan fingerprint density at radius 2 is 2.50 bits per heavy atom. The summed E-state index contributed by atoms with van der Waals surface area (Å²) in [5, 5.41) is 0.997. The molecule has 0 radical (unpaired) electrons. The number of halogens is 1. The van der Waals surface area contributed by atoms with E-state index in [1.807, 2.05) is 0 Å². The summed E-state index contributed by atoms with van der Waals surface area (Å²) in [7, 11) is 0. The molecule has 1 rings (SSSR count). The topological polar surface area (TPSA) is 9.23 Å². The fourth-order valence-electron chi connectivity index (χ4n) is 0.993. The van der Waals surface area contributed by atoms with Crippen LogP contribution in [0, 0.1) is 5.92 Å². The highest BCUT2D eigenvalue weighted by atomic mass is 79.9. The molecule has 2 heteroatoms. The maximum Gasteiger partial charge on any atom is 0.0675 e. The van der Waals surface area contributed by atoms with E-state index in [1.165, 1.54) is 6.42 Å². The van der Waals surface area contributed by atoms with E-state index in [0.717, 1.165) is 17.9 Å². The van der Waals surface area contributed by atoms with Gasteiger partial charge in [-0.3, -0.25) is 0 Å².